The monoisotopic (exact) mass is 240 g/mol. The van der Waals surface area contributed by atoms with Crippen molar-refractivity contribution in [1.82, 2.24) is 4.98 Å². The Kier molecular flexibility index (Phi) is 4.48. The fraction of sp³-hybridized carbons (Fsp3) is 0.312. The van der Waals surface area contributed by atoms with Crippen molar-refractivity contribution in [3.8, 4) is 0 Å². The third-order valence-electron chi connectivity index (χ3n) is 3.35. The molecular formula is C16H20N2. The lowest BCUT2D eigenvalue weighted by Gasteiger charge is -2.15. The third-order valence-corrected chi connectivity index (χ3v) is 3.35. The van der Waals surface area contributed by atoms with Gasteiger partial charge in [0, 0.05) is 18.3 Å². The van der Waals surface area contributed by atoms with Crippen molar-refractivity contribution in [2.75, 3.05) is 6.54 Å². The Hall–Kier alpha value is -1.67. The fourth-order valence-corrected chi connectivity index (χ4v) is 2.17. The van der Waals surface area contributed by atoms with Crippen LogP contribution < -0.4 is 5.73 Å². The summed E-state index contributed by atoms with van der Waals surface area (Å²) in [7, 11) is 0. The van der Waals surface area contributed by atoms with Crippen LogP contribution in [-0.4, -0.2) is 11.5 Å². The number of nitrogens with two attached hydrogens (primary N) is 1. The summed E-state index contributed by atoms with van der Waals surface area (Å²) in [5.74, 6) is 0.375. The van der Waals surface area contributed by atoms with Crippen LogP contribution in [-0.2, 0) is 12.8 Å². The van der Waals surface area contributed by atoms with Gasteiger partial charge in [0.1, 0.15) is 0 Å². The maximum absolute atomic E-state index is 5.90. The maximum Gasteiger partial charge on any atom is 0.0300 e. The lowest BCUT2D eigenvalue weighted by Crippen LogP contribution is -2.15. The van der Waals surface area contributed by atoms with E-state index in [-0.39, 0.29) is 0 Å². The first kappa shape index (κ1) is 12.8. The molecule has 1 aromatic heterocycles. The summed E-state index contributed by atoms with van der Waals surface area (Å²) in [4.78, 5) is 4.15. The number of pyridine rings is 1. The van der Waals surface area contributed by atoms with Crippen LogP contribution in [0.3, 0.4) is 0 Å². The zero-order chi connectivity index (χ0) is 12.8. The Bertz CT molecular complexity index is 462. The van der Waals surface area contributed by atoms with Crippen LogP contribution in [0.4, 0.5) is 0 Å². The number of hydrogen-bond acceptors (Lipinski definition) is 2. The topological polar surface area (TPSA) is 38.9 Å². The number of hydrogen-bond donors (Lipinski definition) is 1. The van der Waals surface area contributed by atoms with E-state index in [1.807, 2.05) is 12.3 Å². The Morgan fingerprint density at radius 3 is 2.44 bits per heavy atom. The second-order valence-corrected chi connectivity index (χ2v) is 4.59. The summed E-state index contributed by atoms with van der Waals surface area (Å²) in [6.45, 7) is 2.84. The molecule has 2 rings (SSSR count). The van der Waals surface area contributed by atoms with Gasteiger partial charge in [-0.05, 0) is 42.1 Å². The van der Waals surface area contributed by atoms with Crippen molar-refractivity contribution < 1.29 is 0 Å². The van der Waals surface area contributed by atoms with Gasteiger partial charge in [0.25, 0.3) is 0 Å². The van der Waals surface area contributed by atoms with Crippen LogP contribution in [0.25, 0.3) is 0 Å². The van der Waals surface area contributed by atoms with Crippen molar-refractivity contribution in [1.29, 1.82) is 0 Å². The highest BCUT2D eigenvalue weighted by atomic mass is 14.6. The maximum atomic E-state index is 5.90. The van der Waals surface area contributed by atoms with E-state index < -0.39 is 0 Å². The zero-order valence-corrected chi connectivity index (χ0v) is 10.8. The van der Waals surface area contributed by atoms with Gasteiger partial charge in [-0.2, -0.15) is 0 Å². The molecule has 1 unspecified atom stereocenters. The van der Waals surface area contributed by atoms with Gasteiger partial charge in [0.05, 0.1) is 0 Å². The van der Waals surface area contributed by atoms with Crippen molar-refractivity contribution in [3.63, 3.8) is 0 Å². The van der Waals surface area contributed by atoms with Crippen molar-refractivity contribution in [2.45, 2.75) is 25.7 Å². The highest BCUT2D eigenvalue weighted by molar-refractivity contribution is 5.27. The van der Waals surface area contributed by atoms with Crippen LogP contribution in [0.5, 0.6) is 0 Å². The standard InChI is InChI=1S/C16H20N2/c1-2-13-5-7-15(8-6-13)16(11-17)10-14-4-3-9-18-12-14/h3-9,12,16H,2,10-11,17H2,1H3. The molecule has 0 fully saturated rings. The average Bonchev–Trinajstić information content (AvgIpc) is 2.46. The molecule has 0 aliphatic rings. The number of rotatable bonds is 5. The van der Waals surface area contributed by atoms with Gasteiger partial charge >= 0.3 is 0 Å². The zero-order valence-electron chi connectivity index (χ0n) is 10.8. The number of aromatic nitrogens is 1. The van der Waals surface area contributed by atoms with Gasteiger partial charge < -0.3 is 5.73 Å². The van der Waals surface area contributed by atoms with Gasteiger partial charge in [-0.3, -0.25) is 4.98 Å². The molecule has 0 spiro atoms. The van der Waals surface area contributed by atoms with Crippen molar-refractivity contribution in [3.05, 3.63) is 65.5 Å². The van der Waals surface area contributed by atoms with Crippen LogP contribution in [0.1, 0.15) is 29.5 Å². The molecular weight excluding hydrogens is 220 g/mol. The van der Waals surface area contributed by atoms with E-state index in [0.29, 0.717) is 12.5 Å². The van der Waals surface area contributed by atoms with E-state index in [4.69, 9.17) is 5.73 Å². The van der Waals surface area contributed by atoms with E-state index in [0.717, 1.165) is 12.8 Å². The fourth-order valence-electron chi connectivity index (χ4n) is 2.17. The third kappa shape index (κ3) is 3.17. The first-order valence-corrected chi connectivity index (χ1v) is 6.51. The summed E-state index contributed by atoms with van der Waals surface area (Å²) in [5, 5.41) is 0. The molecule has 94 valence electrons. The molecule has 18 heavy (non-hydrogen) atoms. The van der Waals surface area contributed by atoms with Gasteiger partial charge in [-0.25, -0.2) is 0 Å². The smallest absolute Gasteiger partial charge is 0.0300 e. The molecule has 2 N–H and O–H groups in total. The van der Waals surface area contributed by atoms with Crippen LogP contribution >= 0.6 is 0 Å². The molecule has 0 radical (unpaired) electrons. The van der Waals surface area contributed by atoms with E-state index in [1.54, 1.807) is 6.20 Å². The number of aryl methyl sites for hydroxylation is 1. The van der Waals surface area contributed by atoms with E-state index >= 15 is 0 Å². The van der Waals surface area contributed by atoms with Gasteiger partial charge in [-0.1, -0.05) is 37.3 Å². The van der Waals surface area contributed by atoms with Crippen molar-refractivity contribution >= 4 is 0 Å². The Labute approximate surface area is 109 Å². The minimum absolute atomic E-state index is 0.375. The second kappa shape index (κ2) is 6.31. The molecule has 2 heteroatoms. The molecule has 0 amide bonds. The molecule has 0 saturated heterocycles. The first-order valence-electron chi connectivity index (χ1n) is 6.51. The summed E-state index contributed by atoms with van der Waals surface area (Å²) in [6, 6.07) is 12.9. The number of benzene rings is 1. The molecule has 0 aliphatic carbocycles. The normalized spacial score (nSPS) is 12.3. The van der Waals surface area contributed by atoms with Gasteiger partial charge in [0.2, 0.25) is 0 Å². The Balaban J connectivity index is 2.12. The van der Waals surface area contributed by atoms with Crippen LogP contribution in [0.2, 0.25) is 0 Å². The largest absolute Gasteiger partial charge is 0.330 e. The molecule has 1 aromatic carbocycles. The van der Waals surface area contributed by atoms with E-state index in [2.05, 4.69) is 42.2 Å². The number of nitrogens with zero attached hydrogens (tertiary/aromatic N) is 1. The van der Waals surface area contributed by atoms with Crippen LogP contribution in [0.15, 0.2) is 48.8 Å². The minimum atomic E-state index is 0.375. The van der Waals surface area contributed by atoms with E-state index in [9.17, 15) is 0 Å². The molecule has 0 bridgehead atoms. The van der Waals surface area contributed by atoms with E-state index in [1.165, 1.54) is 16.7 Å². The predicted octanol–water partition coefficient (Wildman–Crippen LogP) is 2.93. The molecule has 2 aromatic rings. The summed E-state index contributed by atoms with van der Waals surface area (Å²) < 4.78 is 0. The van der Waals surface area contributed by atoms with Crippen LogP contribution in [0, 0.1) is 0 Å². The summed E-state index contributed by atoms with van der Waals surface area (Å²) in [5.41, 5.74) is 9.84. The molecule has 1 heterocycles. The lowest BCUT2D eigenvalue weighted by molar-refractivity contribution is 0.692. The second-order valence-electron chi connectivity index (χ2n) is 4.59. The summed E-state index contributed by atoms with van der Waals surface area (Å²) >= 11 is 0. The van der Waals surface area contributed by atoms with Gasteiger partial charge in [-0.15, -0.1) is 0 Å². The average molecular weight is 240 g/mol. The van der Waals surface area contributed by atoms with Gasteiger partial charge in [0.15, 0.2) is 0 Å². The highest BCUT2D eigenvalue weighted by Crippen LogP contribution is 2.20. The minimum Gasteiger partial charge on any atom is -0.330 e. The SMILES string of the molecule is CCc1ccc(C(CN)Cc2cccnc2)cc1. The molecule has 1 atom stereocenters. The Morgan fingerprint density at radius 1 is 1.11 bits per heavy atom. The Morgan fingerprint density at radius 2 is 1.89 bits per heavy atom. The molecule has 0 saturated carbocycles. The lowest BCUT2D eigenvalue weighted by atomic mass is 9.92. The quantitative estimate of drug-likeness (QED) is 0.872. The molecule has 0 aliphatic heterocycles. The highest BCUT2D eigenvalue weighted by Gasteiger charge is 2.10. The first-order chi connectivity index (χ1) is 8.83. The predicted molar refractivity (Wildman–Crippen MR) is 75.6 cm³/mol. The van der Waals surface area contributed by atoms with Crippen molar-refractivity contribution in [2.24, 2.45) is 5.73 Å². The summed E-state index contributed by atoms with van der Waals surface area (Å²) in [6.07, 6.45) is 5.76. The molecule has 2 nitrogen and oxygen atoms in total.